The van der Waals surface area contributed by atoms with Gasteiger partial charge in [0, 0.05) is 12.1 Å². The van der Waals surface area contributed by atoms with Gasteiger partial charge in [-0.2, -0.15) is 0 Å². The van der Waals surface area contributed by atoms with E-state index in [0.29, 0.717) is 35.7 Å². The Hall–Kier alpha value is -3.77. The van der Waals surface area contributed by atoms with Crippen LogP contribution in [0.15, 0.2) is 24.3 Å². The van der Waals surface area contributed by atoms with Crippen LogP contribution in [0.3, 0.4) is 0 Å². The summed E-state index contributed by atoms with van der Waals surface area (Å²) in [5.41, 5.74) is 2.89. The fourth-order valence-corrected chi connectivity index (χ4v) is 5.59. The summed E-state index contributed by atoms with van der Waals surface area (Å²) in [6.45, 7) is 16.4. The van der Waals surface area contributed by atoms with Crippen molar-refractivity contribution in [2.24, 2.45) is 17.8 Å². The van der Waals surface area contributed by atoms with Gasteiger partial charge in [-0.25, -0.2) is 14.6 Å². The van der Waals surface area contributed by atoms with Gasteiger partial charge in [-0.3, -0.25) is 14.5 Å². The Morgan fingerprint density at radius 3 is 2.35 bits per heavy atom. The van der Waals surface area contributed by atoms with Crippen molar-refractivity contribution in [1.82, 2.24) is 19.5 Å². The van der Waals surface area contributed by atoms with Crippen molar-refractivity contribution >= 4 is 29.9 Å². The second-order valence-electron chi connectivity index (χ2n) is 10.3. The second-order valence-corrected chi connectivity index (χ2v) is 10.3. The molecule has 1 N–H and O–H groups in total. The molecule has 3 aromatic rings. The first-order valence-corrected chi connectivity index (χ1v) is 12.7. The molecule has 194 valence electrons. The molecule has 2 atom stereocenters. The Morgan fingerprint density at radius 2 is 1.78 bits per heavy atom. The predicted octanol–water partition coefficient (Wildman–Crippen LogP) is 4.62. The highest BCUT2D eigenvalue weighted by Gasteiger charge is 2.36. The average Bonchev–Trinajstić information content (AvgIpc) is 3.39. The SMILES string of the molecule is [C-]#[N+]c1c(C(=O)OC2C(C)CC(C)CC2C)c2nc(-c3ccc(C)cc3)[nH]n2c1CN(CC=O)CC=O. The van der Waals surface area contributed by atoms with Crippen LogP contribution < -0.4 is 0 Å². The Kier molecular flexibility index (Phi) is 7.89. The van der Waals surface area contributed by atoms with Crippen LogP contribution in [-0.4, -0.2) is 57.2 Å². The quantitative estimate of drug-likeness (QED) is 0.260. The molecule has 37 heavy (non-hydrogen) atoms. The number of hydrogen-bond acceptors (Lipinski definition) is 6. The van der Waals surface area contributed by atoms with E-state index in [1.165, 1.54) is 0 Å². The van der Waals surface area contributed by atoms with Crippen molar-refractivity contribution in [3.63, 3.8) is 0 Å². The molecule has 1 saturated carbocycles. The molecule has 1 aliphatic carbocycles. The minimum Gasteiger partial charge on any atom is -0.459 e. The van der Waals surface area contributed by atoms with Crippen molar-refractivity contribution in [3.05, 3.63) is 52.5 Å². The second kappa shape index (κ2) is 11.1. The number of aldehydes is 2. The number of rotatable bonds is 9. The molecular formula is C28H33N5O4. The van der Waals surface area contributed by atoms with Crippen molar-refractivity contribution in [2.45, 2.75) is 53.2 Å². The van der Waals surface area contributed by atoms with Gasteiger partial charge in [0.25, 0.3) is 0 Å². The molecule has 2 aromatic heterocycles. The summed E-state index contributed by atoms with van der Waals surface area (Å²) in [4.78, 5) is 46.1. The number of aryl methyl sites for hydroxylation is 1. The standard InChI is InChI=1S/C28H33N5O4/c1-17-6-8-21(9-7-17)26-30-27-23(28(36)37-25-19(3)14-18(2)15-20(25)4)24(29-5)22(33(27)31-26)16-32(10-12-34)11-13-35/h6-9,12-13,18-20,25H,10-11,14-16H2,1-4H3,(H,30,31). The first kappa shape index (κ1) is 26.3. The molecule has 1 aromatic carbocycles. The molecule has 2 heterocycles. The van der Waals surface area contributed by atoms with Gasteiger partial charge in [0.05, 0.1) is 25.4 Å². The van der Waals surface area contributed by atoms with Crippen LogP contribution in [0.4, 0.5) is 5.69 Å². The van der Waals surface area contributed by atoms with Gasteiger partial charge in [-0.1, -0.05) is 50.6 Å². The number of ether oxygens (including phenoxy) is 1. The third-order valence-corrected chi connectivity index (χ3v) is 7.24. The number of nitrogens with zero attached hydrogens (tertiary/aromatic N) is 4. The molecule has 0 bridgehead atoms. The van der Waals surface area contributed by atoms with Gasteiger partial charge in [0.15, 0.2) is 11.5 Å². The zero-order valence-electron chi connectivity index (χ0n) is 21.7. The lowest BCUT2D eigenvalue weighted by atomic mass is 9.75. The number of carbonyl (C=O) groups excluding carboxylic acids is 3. The molecule has 9 nitrogen and oxygen atoms in total. The van der Waals surface area contributed by atoms with Crippen LogP contribution in [0.1, 0.15) is 55.2 Å². The lowest BCUT2D eigenvalue weighted by molar-refractivity contribution is -0.111. The summed E-state index contributed by atoms with van der Waals surface area (Å²) in [5.74, 6) is 0.931. The van der Waals surface area contributed by atoms with E-state index in [9.17, 15) is 14.4 Å². The van der Waals surface area contributed by atoms with E-state index in [0.717, 1.165) is 24.0 Å². The lowest BCUT2D eigenvalue weighted by Crippen LogP contribution is -2.37. The first-order valence-electron chi connectivity index (χ1n) is 12.7. The van der Waals surface area contributed by atoms with Crippen LogP contribution in [0.25, 0.3) is 21.9 Å². The van der Waals surface area contributed by atoms with Crippen molar-refractivity contribution in [3.8, 4) is 11.4 Å². The summed E-state index contributed by atoms with van der Waals surface area (Å²) in [5, 5.41) is 3.22. The molecule has 1 aliphatic rings. The topological polar surface area (TPSA) is 101 Å². The lowest BCUT2D eigenvalue weighted by Gasteiger charge is -2.37. The van der Waals surface area contributed by atoms with E-state index in [1.807, 2.05) is 31.2 Å². The van der Waals surface area contributed by atoms with Crippen molar-refractivity contribution < 1.29 is 19.1 Å². The molecule has 9 heteroatoms. The minimum absolute atomic E-state index is 0.0113. The van der Waals surface area contributed by atoms with Gasteiger partial charge in [-0.05, 0) is 37.5 Å². The summed E-state index contributed by atoms with van der Waals surface area (Å²) in [6, 6.07) is 7.80. The number of esters is 1. The van der Waals surface area contributed by atoms with Crippen LogP contribution in [-0.2, 0) is 20.9 Å². The average molecular weight is 504 g/mol. The van der Waals surface area contributed by atoms with Crippen molar-refractivity contribution in [1.29, 1.82) is 0 Å². The van der Waals surface area contributed by atoms with E-state index in [-0.39, 0.29) is 48.8 Å². The minimum atomic E-state index is -0.577. The number of aromatic nitrogens is 3. The molecule has 2 unspecified atom stereocenters. The van der Waals surface area contributed by atoms with Gasteiger partial charge < -0.3 is 14.3 Å². The van der Waals surface area contributed by atoms with E-state index in [1.54, 1.807) is 9.42 Å². The van der Waals surface area contributed by atoms with Gasteiger partial charge in [0.1, 0.15) is 24.2 Å². The molecule has 0 spiro atoms. The zero-order chi connectivity index (χ0) is 26.7. The molecule has 0 saturated heterocycles. The Morgan fingerprint density at radius 1 is 1.16 bits per heavy atom. The largest absolute Gasteiger partial charge is 0.459 e. The predicted molar refractivity (Wildman–Crippen MR) is 139 cm³/mol. The highest BCUT2D eigenvalue weighted by Crippen LogP contribution is 2.38. The fraction of sp³-hybridized carbons (Fsp3) is 0.464. The molecule has 0 aliphatic heterocycles. The number of nitrogens with one attached hydrogen (secondary N) is 1. The first-order chi connectivity index (χ1) is 17.8. The number of fused-ring (bicyclic) bond motifs is 1. The monoisotopic (exact) mass is 503 g/mol. The Balaban J connectivity index is 1.81. The highest BCUT2D eigenvalue weighted by molar-refractivity contribution is 6.04. The number of hydrogen-bond donors (Lipinski definition) is 1. The maximum Gasteiger partial charge on any atom is 0.331 e. The maximum absolute atomic E-state index is 13.7. The summed E-state index contributed by atoms with van der Waals surface area (Å²) >= 11 is 0. The summed E-state index contributed by atoms with van der Waals surface area (Å²) in [7, 11) is 0. The number of aromatic amines is 1. The number of benzene rings is 1. The summed E-state index contributed by atoms with van der Waals surface area (Å²) in [6.07, 6.45) is 3.11. The van der Waals surface area contributed by atoms with E-state index in [2.05, 4.69) is 30.7 Å². The van der Waals surface area contributed by atoms with Gasteiger partial charge >= 0.3 is 5.97 Å². The number of H-pyrrole nitrogens is 1. The molecule has 0 amide bonds. The Labute approximate surface area is 216 Å². The van der Waals surface area contributed by atoms with Crippen LogP contribution in [0.5, 0.6) is 0 Å². The van der Waals surface area contributed by atoms with Gasteiger partial charge in [-0.15, -0.1) is 0 Å². The van der Waals surface area contributed by atoms with Crippen LogP contribution in [0.2, 0.25) is 0 Å². The highest BCUT2D eigenvalue weighted by atomic mass is 16.5. The van der Waals surface area contributed by atoms with E-state index in [4.69, 9.17) is 16.3 Å². The third kappa shape index (κ3) is 5.35. The summed E-state index contributed by atoms with van der Waals surface area (Å²) < 4.78 is 7.68. The number of carbonyl (C=O) groups is 3. The van der Waals surface area contributed by atoms with Gasteiger partial charge in [0.2, 0.25) is 5.69 Å². The fourth-order valence-electron chi connectivity index (χ4n) is 5.59. The van der Waals surface area contributed by atoms with Crippen molar-refractivity contribution in [2.75, 3.05) is 13.1 Å². The van der Waals surface area contributed by atoms with E-state index < -0.39 is 5.97 Å². The zero-order valence-corrected chi connectivity index (χ0v) is 21.7. The van der Waals surface area contributed by atoms with Crippen LogP contribution in [0, 0.1) is 31.2 Å². The molecule has 1 fully saturated rings. The molecule has 0 radical (unpaired) electrons. The Bertz CT molecular complexity index is 1310. The van der Waals surface area contributed by atoms with E-state index >= 15 is 0 Å². The maximum atomic E-state index is 13.7. The van der Waals surface area contributed by atoms with Crippen LogP contribution >= 0.6 is 0 Å². The molecular weight excluding hydrogens is 470 g/mol. The normalized spacial score (nSPS) is 21.6. The third-order valence-electron chi connectivity index (χ3n) is 7.24. The smallest absolute Gasteiger partial charge is 0.331 e. The molecule has 4 rings (SSSR count).